The van der Waals surface area contributed by atoms with Crippen LogP contribution in [0.3, 0.4) is 0 Å². The first-order valence-electron chi connectivity index (χ1n) is 4.96. The predicted octanol–water partition coefficient (Wildman–Crippen LogP) is 2.70. The van der Waals surface area contributed by atoms with Crippen molar-refractivity contribution in [3.63, 3.8) is 0 Å². The Morgan fingerprint density at radius 3 is 2.44 bits per heavy atom. The Balaban J connectivity index is 3.35. The van der Waals surface area contributed by atoms with Gasteiger partial charge in [-0.15, -0.1) is 0 Å². The van der Waals surface area contributed by atoms with Crippen LogP contribution in [-0.2, 0) is 0 Å². The zero-order valence-corrected chi connectivity index (χ0v) is 9.81. The van der Waals surface area contributed by atoms with Crippen molar-refractivity contribution < 1.29 is 14.4 Å². The normalized spacial score (nSPS) is 10.3. The first-order chi connectivity index (χ1) is 7.47. The average molecular weight is 225 g/mol. The second-order valence-electron chi connectivity index (χ2n) is 3.69. The molecule has 0 radical (unpaired) electrons. The maximum Gasteiger partial charge on any atom is 0.352 e. The number of aryl methyl sites for hydroxylation is 1. The van der Waals surface area contributed by atoms with Crippen LogP contribution in [0.2, 0.25) is 0 Å². The Labute approximate surface area is 94.1 Å². The monoisotopic (exact) mass is 225 g/mol. The van der Waals surface area contributed by atoms with Gasteiger partial charge in [-0.25, -0.2) is 0 Å². The summed E-state index contributed by atoms with van der Waals surface area (Å²) in [6, 6.07) is 3.31. The van der Waals surface area contributed by atoms with E-state index in [1.54, 1.807) is 19.1 Å². The number of methoxy groups -OCH3 is 1. The molecule has 0 fully saturated rings. The first kappa shape index (κ1) is 12.3. The molecular weight excluding hydrogens is 210 g/mol. The Morgan fingerprint density at radius 2 is 2.00 bits per heavy atom. The van der Waals surface area contributed by atoms with E-state index in [2.05, 4.69) is 0 Å². The molecule has 5 heteroatoms. The molecule has 0 aliphatic heterocycles. The molecule has 0 aliphatic carbocycles. The Hall–Kier alpha value is -1.78. The zero-order valence-electron chi connectivity index (χ0n) is 9.81. The number of nitro benzene ring substituents is 1. The maximum absolute atomic E-state index is 11.0. The summed E-state index contributed by atoms with van der Waals surface area (Å²) in [6.45, 7) is 5.41. The van der Waals surface area contributed by atoms with Gasteiger partial charge in [0, 0.05) is 0 Å². The highest BCUT2D eigenvalue weighted by molar-refractivity contribution is 5.60. The Kier molecular flexibility index (Phi) is 3.71. The van der Waals surface area contributed by atoms with Gasteiger partial charge in [-0.05, 0) is 32.4 Å². The summed E-state index contributed by atoms with van der Waals surface area (Å²) >= 11 is 0. The van der Waals surface area contributed by atoms with Crippen LogP contribution in [-0.4, -0.2) is 18.1 Å². The van der Waals surface area contributed by atoms with Gasteiger partial charge in [0.1, 0.15) is 0 Å². The second-order valence-corrected chi connectivity index (χ2v) is 3.69. The highest BCUT2D eigenvalue weighted by Gasteiger charge is 2.24. The van der Waals surface area contributed by atoms with E-state index in [1.807, 2.05) is 13.8 Å². The second kappa shape index (κ2) is 4.83. The van der Waals surface area contributed by atoms with E-state index in [9.17, 15) is 10.1 Å². The van der Waals surface area contributed by atoms with E-state index in [-0.39, 0.29) is 23.3 Å². The summed E-state index contributed by atoms with van der Waals surface area (Å²) in [7, 11) is 1.40. The topological polar surface area (TPSA) is 61.6 Å². The standard InChI is InChI=1S/C11H15NO4/c1-7(2)16-11-8(3)5-6-9(15-4)10(11)12(13)14/h5-7H,1-4H3. The summed E-state index contributed by atoms with van der Waals surface area (Å²) in [5, 5.41) is 11.0. The van der Waals surface area contributed by atoms with E-state index < -0.39 is 4.92 Å². The number of nitrogens with zero attached hydrogens (tertiary/aromatic N) is 1. The number of rotatable bonds is 4. The molecule has 0 heterocycles. The van der Waals surface area contributed by atoms with Crippen LogP contribution in [0.1, 0.15) is 19.4 Å². The molecule has 1 rings (SSSR count). The number of benzene rings is 1. The third-order valence-electron chi connectivity index (χ3n) is 2.05. The van der Waals surface area contributed by atoms with Gasteiger partial charge < -0.3 is 9.47 Å². The van der Waals surface area contributed by atoms with E-state index in [4.69, 9.17) is 9.47 Å². The van der Waals surface area contributed by atoms with Crippen LogP contribution in [0.15, 0.2) is 12.1 Å². The van der Waals surface area contributed by atoms with Gasteiger partial charge in [0.25, 0.3) is 0 Å². The summed E-state index contributed by atoms with van der Waals surface area (Å²) in [5.74, 6) is 0.491. The fraction of sp³-hybridized carbons (Fsp3) is 0.455. The van der Waals surface area contributed by atoms with Crippen molar-refractivity contribution in [2.24, 2.45) is 0 Å². The summed E-state index contributed by atoms with van der Waals surface area (Å²) in [6.07, 6.45) is -0.121. The number of ether oxygens (including phenoxy) is 2. The van der Waals surface area contributed by atoms with Gasteiger partial charge in [-0.2, -0.15) is 0 Å². The van der Waals surface area contributed by atoms with Crippen LogP contribution in [0.25, 0.3) is 0 Å². The molecular formula is C11H15NO4. The molecule has 1 aromatic carbocycles. The number of nitro groups is 1. The van der Waals surface area contributed by atoms with E-state index in [0.717, 1.165) is 5.56 Å². The quantitative estimate of drug-likeness (QED) is 0.583. The van der Waals surface area contributed by atoms with Crippen molar-refractivity contribution in [2.75, 3.05) is 7.11 Å². The number of hydrogen-bond acceptors (Lipinski definition) is 4. The minimum atomic E-state index is -0.483. The molecule has 0 aliphatic rings. The number of hydrogen-bond donors (Lipinski definition) is 0. The van der Waals surface area contributed by atoms with Gasteiger partial charge >= 0.3 is 5.69 Å². The molecule has 0 saturated carbocycles. The molecule has 0 N–H and O–H groups in total. The van der Waals surface area contributed by atoms with Gasteiger partial charge in [0.05, 0.1) is 18.1 Å². The third kappa shape index (κ3) is 2.42. The van der Waals surface area contributed by atoms with Crippen molar-refractivity contribution >= 4 is 5.69 Å². The minimum absolute atomic E-state index is 0.115. The first-order valence-corrected chi connectivity index (χ1v) is 4.96. The molecule has 5 nitrogen and oxygen atoms in total. The van der Waals surface area contributed by atoms with Crippen molar-refractivity contribution in [2.45, 2.75) is 26.9 Å². The molecule has 0 unspecified atom stereocenters. The van der Waals surface area contributed by atoms with Gasteiger partial charge in [0.15, 0.2) is 0 Å². The highest BCUT2D eigenvalue weighted by atomic mass is 16.6. The lowest BCUT2D eigenvalue weighted by Crippen LogP contribution is -2.09. The van der Waals surface area contributed by atoms with Crippen LogP contribution < -0.4 is 9.47 Å². The molecule has 0 amide bonds. The lowest BCUT2D eigenvalue weighted by atomic mass is 10.1. The summed E-state index contributed by atoms with van der Waals surface area (Å²) in [4.78, 5) is 10.5. The Morgan fingerprint density at radius 1 is 1.38 bits per heavy atom. The molecule has 0 saturated heterocycles. The van der Waals surface area contributed by atoms with Gasteiger partial charge in [-0.1, -0.05) is 6.07 Å². The van der Waals surface area contributed by atoms with Crippen LogP contribution in [0.4, 0.5) is 5.69 Å². The van der Waals surface area contributed by atoms with Crippen LogP contribution in [0.5, 0.6) is 11.5 Å². The molecule has 0 bridgehead atoms. The lowest BCUT2D eigenvalue weighted by molar-refractivity contribution is -0.387. The molecule has 88 valence electrons. The van der Waals surface area contributed by atoms with Crippen molar-refractivity contribution in [3.8, 4) is 11.5 Å². The molecule has 0 spiro atoms. The zero-order chi connectivity index (χ0) is 12.3. The molecule has 0 atom stereocenters. The molecule has 0 aromatic heterocycles. The van der Waals surface area contributed by atoms with E-state index >= 15 is 0 Å². The Bertz CT molecular complexity index is 401. The van der Waals surface area contributed by atoms with Crippen molar-refractivity contribution in [1.29, 1.82) is 0 Å². The fourth-order valence-electron chi connectivity index (χ4n) is 1.38. The van der Waals surface area contributed by atoms with Gasteiger partial charge in [0.2, 0.25) is 11.5 Å². The summed E-state index contributed by atoms with van der Waals surface area (Å²) in [5.41, 5.74) is 0.609. The minimum Gasteiger partial charge on any atom is -0.490 e. The smallest absolute Gasteiger partial charge is 0.352 e. The van der Waals surface area contributed by atoms with Crippen molar-refractivity contribution in [3.05, 3.63) is 27.8 Å². The van der Waals surface area contributed by atoms with E-state index in [0.29, 0.717) is 0 Å². The van der Waals surface area contributed by atoms with Crippen LogP contribution >= 0.6 is 0 Å². The largest absolute Gasteiger partial charge is 0.490 e. The predicted molar refractivity (Wildman–Crippen MR) is 60.1 cm³/mol. The molecule has 16 heavy (non-hydrogen) atoms. The average Bonchev–Trinajstić information content (AvgIpc) is 2.19. The third-order valence-corrected chi connectivity index (χ3v) is 2.05. The van der Waals surface area contributed by atoms with Crippen LogP contribution in [0, 0.1) is 17.0 Å². The van der Waals surface area contributed by atoms with Crippen molar-refractivity contribution in [1.82, 2.24) is 0 Å². The highest BCUT2D eigenvalue weighted by Crippen LogP contribution is 2.39. The fourth-order valence-corrected chi connectivity index (χ4v) is 1.38. The lowest BCUT2D eigenvalue weighted by Gasteiger charge is -2.13. The summed E-state index contributed by atoms with van der Waals surface area (Å²) < 4.78 is 10.4. The van der Waals surface area contributed by atoms with Gasteiger partial charge in [-0.3, -0.25) is 10.1 Å². The SMILES string of the molecule is COc1ccc(C)c(OC(C)C)c1[N+](=O)[O-]. The molecule has 1 aromatic rings. The maximum atomic E-state index is 11.0. The van der Waals surface area contributed by atoms with E-state index in [1.165, 1.54) is 7.11 Å².